The minimum Gasteiger partial charge on any atom is -0.492 e. The quantitative estimate of drug-likeness (QED) is 0.688. The number of carbonyl (C=O) groups is 3. The van der Waals surface area contributed by atoms with Crippen LogP contribution in [0.3, 0.4) is 0 Å². The summed E-state index contributed by atoms with van der Waals surface area (Å²) in [5.41, 5.74) is 1.97. The van der Waals surface area contributed by atoms with Gasteiger partial charge in [-0.3, -0.25) is 14.4 Å². The van der Waals surface area contributed by atoms with Crippen molar-refractivity contribution in [3.05, 3.63) is 58.1 Å². The van der Waals surface area contributed by atoms with E-state index in [1.54, 1.807) is 42.5 Å². The average Bonchev–Trinajstić information content (AvgIpc) is 2.71. The SMILES string of the molecule is COC(=O)CNC(=O)C1COc2ccc(NC(=O)c3ccc(Br)cc3)cc2C1. The smallest absolute Gasteiger partial charge is 0.325 e. The van der Waals surface area contributed by atoms with Crippen molar-refractivity contribution >= 4 is 39.4 Å². The monoisotopic (exact) mass is 446 g/mol. The Labute approximate surface area is 170 Å². The second-order valence-electron chi connectivity index (χ2n) is 6.29. The number of carbonyl (C=O) groups excluding carboxylic acids is 3. The first-order valence-electron chi connectivity index (χ1n) is 8.63. The molecule has 0 saturated heterocycles. The summed E-state index contributed by atoms with van der Waals surface area (Å²) in [5.74, 6) is -0.756. The molecule has 1 heterocycles. The van der Waals surface area contributed by atoms with Gasteiger partial charge >= 0.3 is 5.97 Å². The van der Waals surface area contributed by atoms with Gasteiger partial charge in [0.2, 0.25) is 5.91 Å². The molecule has 0 radical (unpaired) electrons. The summed E-state index contributed by atoms with van der Waals surface area (Å²) in [6.45, 7) is 0.0482. The molecule has 0 saturated carbocycles. The van der Waals surface area contributed by atoms with Gasteiger partial charge in [0.15, 0.2) is 0 Å². The lowest BCUT2D eigenvalue weighted by atomic mass is 9.95. The van der Waals surface area contributed by atoms with Crippen LogP contribution in [-0.4, -0.2) is 38.0 Å². The highest BCUT2D eigenvalue weighted by Gasteiger charge is 2.26. The topological polar surface area (TPSA) is 93.7 Å². The first kappa shape index (κ1) is 19.9. The van der Waals surface area contributed by atoms with Crippen LogP contribution < -0.4 is 15.4 Å². The Kier molecular flexibility index (Phi) is 6.30. The molecule has 7 nitrogen and oxygen atoms in total. The van der Waals surface area contributed by atoms with Crippen molar-refractivity contribution in [3.63, 3.8) is 0 Å². The molecule has 146 valence electrons. The number of fused-ring (bicyclic) bond motifs is 1. The molecule has 2 aromatic rings. The van der Waals surface area contributed by atoms with Crippen molar-refractivity contribution in [2.45, 2.75) is 6.42 Å². The van der Waals surface area contributed by atoms with Crippen LogP contribution in [0, 0.1) is 5.92 Å². The second-order valence-corrected chi connectivity index (χ2v) is 7.21. The molecule has 3 rings (SSSR count). The van der Waals surface area contributed by atoms with Gasteiger partial charge in [0, 0.05) is 15.7 Å². The fourth-order valence-corrected chi connectivity index (χ4v) is 3.09. The van der Waals surface area contributed by atoms with E-state index in [1.165, 1.54) is 7.11 Å². The van der Waals surface area contributed by atoms with Gasteiger partial charge in [-0.2, -0.15) is 0 Å². The summed E-state index contributed by atoms with van der Waals surface area (Å²) in [5, 5.41) is 5.39. The zero-order chi connectivity index (χ0) is 20.1. The molecule has 0 aromatic heterocycles. The highest BCUT2D eigenvalue weighted by molar-refractivity contribution is 9.10. The zero-order valence-electron chi connectivity index (χ0n) is 15.2. The normalized spacial score (nSPS) is 15.0. The third kappa shape index (κ3) is 4.89. The van der Waals surface area contributed by atoms with E-state index < -0.39 is 11.9 Å². The number of benzene rings is 2. The van der Waals surface area contributed by atoms with Crippen molar-refractivity contribution in [2.75, 3.05) is 25.6 Å². The number of halogens is 1. The number of amides is 2. The van der Waals surface area contributed by atoms with Crippen LogP contribution in [0.25, 0.3) is 0 Å². The number of hydrogen-bond donors (Lipinski definition) is 2. The summed E-state index contributed by atoms with van der Waals surface area (Å²) in [6, 6.07) is 12.4. The minimum atomic E-state index is -0.511. The maximum atomic E-state index is 12.4. The van der Waals surface area contributed by atoms with Gasteiger partial charge < -0.3 is 20.1 Å². The first-order chi connectivity index (χ1) is 13.5. The molecule has 0 spiro atoms. The molecular weight excluding hydrogens is 428 g/mol. The standard InChI is InChI=1S/C20H19BrN2O5/c1-27-18(24)10-22-19(25)14-8-13-9-16(6-7-17(13)28-11-14)23-20(26)12-2-4-15(21)5-3-12/h2-7,9,14H,8,10-11H2,1H3,(H,22,25)(H,23,26). The Morgan fingerprint density at radius 2 is 1.93 bits per heavy atom. The van der Waals surface area contributed by atoms with E-state index >= 15 is 0 Å². The highest BCUT2D eigenvalue weighted by Crippen LogP contribution is 2.30. The number of rotatable bonds is 5. The number of methoxy groups -OCH3 is 1. The van der Waals surface area contributed by atoms with Crippen LogP contribution in [0.2, 0.25) is 0 Å². The summed E-state index contributed by atoms with van der Waals surface area (Å²) < 4.78 is 11.1. The van der Waals surface area contributed by atoms with E-state index in [1.807, 2.05) is 0 Å². The van der Waals surface area contributed by atoms with Crippen LogP contribution in [0.5, 0.6) is 5.75 Å². The average molecular weight is 447 g/mol. The van der Waals surface area contributed by atoms with Crippen LogP contribution in [0.4, 0.5) is 5.69 Å². The van der Waals surface area contributed by atoms with Crippen LogP contribution in [0.1, 0.15) is 15.9 Å². The predicted octanol–water partition coefficient (Wildman–Crippen LogP) is 2.54. The number of hydrogen-bond acceptors (Lipinski definition) is 5. The Morgan fingerprint density at radius 3 is 2.64 bits per heavy atom. The molecule has 0 fully saturated rings. The molecule has 1 aliphatic rings. The molecular formula is C20H19BrN2O5. The molecule has 2 aromatic carbocycles. The van der Waals surface area contributed by atoms with Crippen molar-refractivity contribution in [1.29, 1.82) is 0 Å². The lowest BCUT2D eigenvalue weighted by molar-refractivity contribution is -0.141. The second kappa shape index (κ2) is 8.88. The molecule has 1 atom stereocenters. The third-order valence-electron chi connectivity index (χ3n) is 4.34. The Balaban J connectivity index is 1.65. The van der Waals surface area contributed by atoms with E-state index in [4.69, 9.17) is 4.74 Å². The number of esters is 1. The third-order valence-corrected chi connectivity index (χ3v) is 4.87. The van der Waals surface area contributed by atoms with Crippen molar-refractivity contribution in [1.82, 2.24) is 5.32 Å². The fraction of sp³-hybridized carbons (Fsp3) is 0.250. The van der Waals surface area contributed by atoms with Crippen LogP contribution >= 0.6 is 15.9 Å². The van der Waals surface area contributed by atoms with Crippen molar-refractivity contribution in [3.8, 4) is 5.75 Å². The van der Waals surface area contributed by atoms with Crippen molar-refractivity contribution < 1.29 is 23.9 Å². The van der Waals surface area contributed by atoms with Gasteiger partial charge in [-0.1, -0.05) is 15.9 Å². The minimum absolute atomic E-state index is 0.179. The van der Waals surface area contributed by atoms with Gasteiger partial charge in [0.1, 0.15) is 18.9 Å². The molecule has 2 amide bonds. The lowest BCUT2D eigenvalue weighted by Gasteiger charge is -2.25. The molecule has 1 unspecified atom stereocenters. The molecule has 0 bridgehead atoms. The van der Waals surface area contributed by atoms with E-state index in [-0.39, 0.29) is 25.0 Å². The first-order valence-corrected chi connectivity index (χ1v) is 9.42. The van der Waals surface area contributed by atoms with E-state index in [9.17, 15) is 14.4 Å². The summed E-state index contributed by atoms with van der Waals surface area (Å²) >= 11 is 3.34. The maximum absolute atomic E-state index is 12.4. The number of anilines is 1. The van der Waals surface area contributed by atoms with Crippen LogP contribution in [-0.2, 0) is 20.7 Å². The highest BCUT2D eigenvalue weighted by atomic mass is 79.9. The fourth-order valence-electron chi connectivity index (χ4n) is 2.82. The molecule has 8 heteroatoms. The van der Waals surface area contributed by atoms with Gasteiger partial charge in [-0.25, -0.2) is 0 Å². The van der Waals surface area contributed by atoms with Crippen molar-refractivity contribution in [2.24, 2.45) is 5.92 Å². The van der Waals surface area contributed by atoms with Gasteiger partial charge in [-0.15, -0.1) is 0 Å². The number of nitrogens with one attached hydrogen (secondary N) is 2. The molecule has 1 aliphatic heterocycles. The zero-order valence-corrected chi connectivity index (χ0v) is 16.7. The maximum Gasteiger partial charge on any atom is 0.325 e. The summed E-state index contributed by atoms with van der Waals surface area (Å²) in [7, 11) is 1.26. The Hall–Kier alpha value is -2.87. The molecule has 28 heavy (non-hydrogen) atoms. The number of ether oxygens (including phenoxy) is 2. The van der Waals surface area contributed by atoms with E-state index in [2.05, 4.69) is 31.3 Å². The Bertz CT molecular complexity index is 898. The van der Waals surface area contributed by atoms with Gasteiger partial charge in [-0.05, 0) is 54.4 Å². The van der Waals surface area contributed by atoms with Gasteiger partial charge in [0.05, 0.1) is 13.0 Å². The lowest BCUT2D eigenvalue weighted by Crippen LogP contribution is -2.39. The Morgan fingerprint density at radius 1 is 1.18 bits per heavy atom. The van der Waals surface area contributed by atoms with Crippen LogP contribution in [0.15, 0.2) is 46.9 Å². The predicted molar refractivity (Wildman–Crippen MR) is 106 cm³/mol. The van der Waals surface area contributed by atoms with Gasteiger partial charge in [0.25, 0.3) is 5.91 Å². The molecule has 2 N–H and O–H groups in total. The van der Waals surface area contributed by atoms with E-state index in [0.717, 1.165) is 10.0 Å². The molecule has 0 aliphatic carbocycles. The summed E-state index contributed by atoms with van der Waals surface area (Å²) in [6.07, 6.45) is 0.449. The largest absolute Gasteiger partial charge is 0.492 e. The van der Waals surface area contributed by atoms with E-state index in [0.29, 0.717) is 23.4 Å². The summed E-state index contributed by atoms with van der Waals surface area (Å²) in [4.78, 5) is 35.8.